The van der Waals surface area contributed by atoms with Crippen LogP contribution in [0.25, 0.3) is 0 Å². The second-order valence-electron chi connectivity index (χ2n) is 8.37. The zero-order valence-electron chi connectivity index (χ0n) is 17.4. The van der Waals surface area contributed by atoms with Crippen LogP contribution in [0, 0.1) is 11.3 Å². The van der Waals surface area contributed by atoms with E-state index in [4.69, 9.17) is 9.47 Å². The van der Waals surface area contributed by atoms with Crippen molar-refractivity contribution in [3.8, 4) is 11.5 Å². The van der Waals surface area contributed by atoms with Gasteiger partial charge >= 0.3 is 0 Å². The third-order valence-electron chi connectivity index (χ3n) is 5.04. The van der Waals surface area contributed by atoms with Crippen LogP contribution in [0.5, 0.6) is 11.5 Å². The number of sulfonamides is 1. The van der Waals surface area contributed by atoms with Crippen LogP contribution in [0.2, 0.25) is 0 Å². The Balaban J connectivity index is 1.88. The second kappa shape index (κ2) is 9.13. The molecule has 7 nitrogen and oxygen atoms in total. The molecule has 1 aliphatic rings. The van der Waals surface area contributed by atoms with E-state index in [0.29, 0.717) is 23.0 Å². The minimum Gasteiger partial charge on any atom is -0.493 e. The third kappa shape index (κ3) is 6.38. The molecule has 1 saturated carbocycles. The SMILES string of the molecule is COc1ccc(C(=O)NCCS(=O)(=O)N[C@H]2C[C@H](C)CC(C)(C)C2)cc1OC. The van der Waals surface area contributed by atoms with Gasteiger partial charge in [-0.25, -0.2) is 13.1 Å². The molecule has 8 heteroatoms. The van der Waals surface area contributed by atoms with Crippen molar-refractivity contribution in [3.05, 3.63) is 23.8 Å². The van der Waals surface area contributed by atoms with Gasteiger partial charge in [0.15, 0.2) is 11.5 Å². The first-order chi connectivity index (χ1) is 13.0. The van der Waals surface area contributed by atoms with Crippen LogP contribution in [-0.4, -0.2) is 46.9 Å². The molecule has 0 bridgehead atoms. The fraction of sp³-hybridized carbons (Fsp3) is 0.650. The fourth-order valence-corrected chi connectivity index (χ4v) is 5.30. The predicted molar refractivity (Wildman–Crippen MR) is 109 cm³/mol. The van der Waals surface area contributed by atoms with E-state index in [1.807, 2.05) is 0 Å². The van der Waals surface area contributed by atoms with E-state index in [9.17, 15) is 13.2 Å². The molecule has 158 valence electrons. The highest BCUT2D eigenvalue weighted by Gasteiger charge is 2.33. The molecule has 0 aliphatic heterocycles. The Hall–Kier alpha value is -1.80. The first-order valence-electron chi connectivity index (χ1n) is 9.55. The lowest BCUT2D eigenvalue weighted by Gasteiger charge is -2.39. The number of carbonyl (C=O) groups excluding carboxylic acids is 1. The molecular weight excluding hydrogens is 380 g/mol. The molecule has 2 rings (SSSR count). The van der Waals surface area contributed by atoms with E-state index in [1.54, 1.807) is 18.2 Å². The minimum absolute atomic E-state index is 0.0359. The molecule has 1 aliphatic carbocycles. The topological polar surface area (TPSA) is 93.7 Å². The monoisotopic (exact) mass is 412 g/mol. The van der Waals surface area contributed by atoms with Crippen LogP contribution in [0.3, 0.4) is 0 Å². The molecular formula is C20H32N2O5S. The number of rotatable bonds is 8. The van der Waals surface area contributed by atoms with Crippen molar-refractivity contribution in [2.24, 2.45) is 11.3 Å². The molecule has 0 radical (unpaired) electrons. The largest absolute Gasteiger partial charge is 0.493 e. The molecule has 1 fully saturated rings. The number of benzene rings is 1. The highest BCUT2D eigenvalue weighted by atomic mass is 32.2. The highest BCUT2D eigenvalue weighted by Crippen LogP contribution is 2.38. The molecule has 0 saturated heterocycles. The molecule has 0 unspecified atom stereocenters. The maximum atomic E-state index is 12.4. The number of ether oxygens (including phenoxy) is 2. The summed E-state index contributed by atoms with van der Waals surface area (Å²) in [7, 11) is -0.457. The van der Waals surface area contributed by atoms with Crippen molar-refractivity contribution in [2.75, 3.05) is 26.5 Å². The minimum atomic E-state index is -3.47. The summed E-state index contributed by atoms with van der Waals surface area (Å²) < 4.78 is 38.0. The van der Waals surface area contributed by atoms with Crippen LogP contribution < -0.4 is 19.5 Å². The Morgan fingerprint density at radius 3 is 2.46 bits per heavy atom. The maximum absolute atomic E-state index is 12.4. The van der Waals surface area contributed by atoms with Gasteiger partial charge in [-0.2, -0.15) is 0 Å². The Morgan fingerprint density at radius 2 is 1.86 bits per heavy atom. The van der Waals surface area contributed by atoms with Gasteiger partial charge in [0.25, 0.3) is 5.91 Å². The predicted octanol–water partition coefficient (Wildman–Crippen LogP) is 2.57. The van der Waals surface area contributed by atoms with Crippen molar-refractivity contribution in [1.82, 2.24) is 10.0 Å². The quantitative estimate of drug-likeness (QED) is 0.684. The summed E-state index contributed by atoms with van der Waals surface area (Å²) in [4.78, 5) is 12.3. The summed E-state index contributed by atoms with van der Waals surface area (Å²) in [6.07, 6.45) is 2.78. The van der Waals surface area contributed by atoms with E-state index in [1.165, 1.54) is 14.2 Å². The smallest absolute Gasteiger partial charge is 0.251 e. The van der Waals surface area contributed by atoms with E-state index < -0.39 is 10.0 Å². The summed E-state index contributed by atoms with van der Waals surface area (Å²) in [5, 5.41) is 2.65. The average molecular weight is 413 g/mol. The Labute approximate surface area is 168 Å². The zero-order chi connectivity index (χ0) is 20.9. The molecule has 1 aromatic carbocycles. The standard InChI is InChI=1S/C20H32N2O5S/c1-14-10-16(13-20(2,3)12-14)22-28(24,25)9-8-21-19(23)15-6-7-17(26-4)18(11-15)27-5/h6-7,11,14,16,22H,8-10,12-13H2,1-5H3,(H,21,23)/t14-,16-/m0/s1. The molecule has 0 aromatic heterocycles. The Morgan fingerprint density at radius 1 is 1.18 bits per heavy atom. The summed E-state index contributed by atoms with van der Waals surface area (Å²) in [5.41, 5.74) is 0.512. The van der Waals surface area contributed by atoms with E-state index in [2.05, 4.69) is 30.8 Å². The van der Waals surface area contributed by atoms with Crippen molar-refractivity contribution in [2.45, 2.75) is 46.1 Å². The van der Waals surface area contributed by atoms with Crippen LogP contribution in [0.1, 0.15) is 50.4 Å². The van der Waals surface area contributed by atoms with Gasteiger partial charge in [-0.1, -0.05) is 20.8 Å². The van der Waals surface area contributed by atoms with Gasteiger partial charge in [0.2, 0.25) is 10.0 Å². The third-order valence-corrected chi connectivity index (χ3v) is 6.47. The number of nitrogens with one attached hydrogen (secondary N) is 2. The number of hydrogen-bond donors (Lipinski definition) is 2. The lowest BCUT2D eigenvalue weighted by atomic mass is 9.71. The lowest BCUT2D eigenvalue weighted by molar-refractivity contribution is 0.0955. The first kappa shape index (κ1) is 22.5. The molecule has 2 atom stereocenters. The van der Waals surface area contributed by atoms with Gasteiger partial charge < -0.3 is 14.8 Å². The summed E-state index contributed by atoms with van der Waals surface area (Å²) >= 11 is 0. The van der Waals surface area contributed by atoms with Crippen LogP contribution in [-0.2, 0) is 10.0 Å². The van der Waals surface area contributed by atoms with Gasteiger partial charge in [0.05, 0.1) is 20.0 Å². The van der Waals surface area contributed by atoms with Crippen molar-refractivity contribution in [3.63, 3.8) is 0 Å². The number of amides is 1. The lowest BCUT2D eigenvalue weighted by Crippen LogP contribution is -2.45. The van der Waals surface area contributed by atoms with Crippen molar-refractivity contribution in [1.29, 1.82) is 0 Å². The van der Waals surface area contributed by atoms with E-state index in [-0.39, 0.29) is 29.7 Å². The summed E-state index contributed by atoms with van der Waals surface area (Å²) in [6.45, 7) is 6.54. The Bertz CT molecular complexity index is 792. The van der Waals surface area contributed by atoms with Crippen molar-refractivity contribution < 1.29 is 22.7 Å². The Kier molecular flexibility index (Phi) is 7.33. The van der Waals surface area contributed by atoms with Crippen LogP contribution in [0.15, 0.2) is 18.2 Å². The second-order valence-corrected chi connectivity index (χ2v) is 10.2. The number of methoxy groups -OCH3 is 2. The normalized spacial score (nSPS) is 21.8. The molecule has 2 N–H and O–H groups in total. The van der Waals surface area contributed by atoms with Gasteiger partial charge in [0, 0.05) is 18.2 Å². The summed E-state index contributed by atoms with van der Waals surface area (Å²) in [6, 6.07) is 4.75. The van der Waals surface area contributed by atoms with Gasteiger partial charge in [-0.3, -0.25) is 4.79 Å². The summed E-state index contributed by atoms with van der Waals surface area (Å²) in [5.74, 6) is 0.941. The first-order valence-corrected chi connectivity index (χ1v) is 11.2. The maximum Gasteiger partial charge on any atom is 0.251 e. The molecule has 0 heterocycles. The number of carbonyl (C=O) groups is 1. The number of hydrogen-bond acceptors (Lipinski definition) is 5. The van der Waals surface area contributed by atoms with Gasteiger partial charge in [0.1, 0.15) is 0 Å². The molecule has 1 amide bonds. The van der Waals surface area contributed by atoms with Crippen LogP contribution >= 0.6 is 0 Å². The van der Waals surface area contributed by atoms with Crippen LogP contribution in [0.4, 0.5) is 0 Å². The highest BCUT2D eigenvalue weighted by molar-refractivity contribution is 7.89. The average Bonchev–Trinajstić information content (AvgIpc) is 2.58. The van der Waals surface area contributed by atoms with Gasteiger partial charge in [-0.05, 0) is 48.8 Å². The fourth-order valence-electron chi connectivity index (χ4n) is 4.13. The molecule has 28 heavy (non-hydrogen) atoms. The van der Waals surface area contributed by atoms with E-state index >= 15 is 0 Å². The molecule has 1 aromatic rings. The molecule has 0 spiro atoms. The van der Waals surface area contributed by atoms with E-state index in [0.717, 1.165) is 19.3 Å². The van der Waals surface area contributed by atoms with Crippen molar-refractivity contribution >= 4 is 15.9 Å². The zero-order valence-corrected chi connectivity index (χ0v) is 18.2. The van der Waals surface area contributed by atoms with Gasteiger partial charge in [-0.15, -0.1) is 0 Å².